The molecule has 1 aromatic carbocycles. The standard InChI is InChI=1S/C12H17BrN2/c1-8-2-4-10(6-8)15-12-5-3-9(14)7-11(12)13/h3,5,7-8,10,15H,2,4,6,14H2,1H3. The molecular weight excluding hydrogens is 252 g/mol. The lowest BCUT2D eigenvalue weighted by Crippen LogP contribution is -2.15. The molecule has 0 amide bonds. The molecule has 1 aliphatic rings. The lowest BCUT2D eigenvalue weighted by Gasteiger charge is -2.15. The number of nitrogens with two attached hydrogens (primary N) is 1. The zero-order valence-electron chi connectivity index (χ0n) is 8.96. The molecule has 2 unspecified atom stereocenters. The van der Waals surface area contributed by atoms with Crippen molar-refractivity contribution in [2.45, 2.75) is 32.2 Å². The van der Waals surface area contributed by atoms with Crippen LogP contribution in [0.4, 0.5) is 11.4 Å². The first kappa shape index (κ1) is 10.8. The summed E-state index contributed by atoms with van der Waals surface area (Å²) in [5.41, 5.74) is 7.65. The van der Waals surface area contributed by atoms with Crippen LogP contribution in [0.5, 0.6) is 0 Å². The van der Waals surface area contributed by atoms with Crippen LogP contribution in [0.25, 0.3) is 0 Å². The molecule has 0 aromatic heterocycles. The van der Waals surface area contributed by atoms with Gasteiger partial charge in [-0.3, -0.25) is 0 Å². The SMILES string of the molecule is CC1CCC(Nc2ccc(N)cc2Br)C1. The van der Waals surface area contributed by atoms with Gasteiger partial charge in [-0.1, -0.05) is 6.92 Å². The predicted octanol–water partition coefficient (Wildman–Crippen LogP) is 3.63. The number of anilines is 2. The lowest BCUT2D eigenvalue weighted by atomic mass is 10.1. The van der Waals surface area contributed by atoms with Gasteiger partial charge in [0.2, 0.25) is 0 Å². The number of hydrogen-bond donors (Lipinski definition) is 2. The van der Waals surface area contributed by atoms with Crippen molar-refractivity contribution in [1.82, 2.24) is 0 Å². The first-order valence-corrected chi connectivity index (χ1v) is 6.26. The van der Waals surface area contributed by atoms with Crippen LogP contribution >= 0.6 is 15.9 Å². The van der Waals surface area contributed by atoms with Crippen molar-refractivity contribution in [3.8, 4) is 0 Å². The Bertz CT molecular complexity index is 351. The molecule has 2 atom stereocenters. The van der Waals surface area contributed by atoms with E-state index in [0.29, 0.717) is 6.04 Å². The third-order valence-electron chi connectivity index (χ3n) is 3.05. The van der Waals surface area contributed by atoms with Gasteiger partial charge < -0.3 is 11.1 Å². The van der Waals surface area contributed by atoms with Crippen LogP contribution in [-0.2, 0) is 0 Å². The van der Waals surface area contributed by atoms with Gasteiger partial charge in [-0.2, -0.15) is 0 Å². The van der Waals surface area contributed by atoms with Crippen LogP contribution in [0.2, 0.25) is 0 Å². The van der Waals surface area contributed by atoms with Crippen LogP contribution in [0.1, 0.15) is 26.2 Å². The Labute approximate surface area is 99.4 Å². The minimum absolute atomic E-state index is 0.625. The third kappa shape index (κ3) is 2.65. The molecule has 1 saturated carbocycles. The van der Waals surface area contributed by atoms with E-state index in [2.05, 4.69) is 28.2 Å². The predicted molar refractivity (Wildman–Crippen MR) is 69.0 cm³/mol. The number of rotatable bonds is 2. The summed E-state index contributed by atoms with van der Waals surface area (Å²) in [4.78, 5) is 0. The van der Waals surface area contributed by atoms with E-state index in [0.717, 1.165) is 21.8 Å². The second kappa shape index (κ2) is 4.44. The number of nitrogens with one attached hydrogen (secondary N) is 1. The summed E-state index contributed by atoms with van der Waals surface area (Å²) in [5, 5.41) is 3.56. The Morgan fingerprint density at radius 2 is 2.20 bits per heavy atom. The van der Waals surface area contributed by atoms with Gasteiger partial charge in [0.15, 0.2) is 0 Å². The highest BCUT2D eigenvalue weighted by Crippen LogP contribution is 2.31. The molecule has 1 aliphatic carbocycles. The third-order valence-corrected chi connectivity index (χ3v) is 3.70. The van der Waals surface area contributed by atoms with E-state index in [1.165, 1.54) is 19.3 Å². The minimum atomic E-state index is 0.625. The van der Waals surface area contributed by atoms with Gasteiger partial charge in [0.25, 0.3) is 0 Å². The fourth-order valence-electron chi connectivity index (χ4n) is 2.21. The van der Waals surface area contributed by atoms with E-state index in [9.17, 15) is 0 Å². The van der Waals surface area contributed by atoms with Crippen molar-refractivity contribution < 1.29 is 0 Å². The van der Waals surface area contributed by atoms with E-state index in [1.807, 2.05) is 18.2 Å². The summed E-state index contributed by atoms with van der Waals surface area (Å²) < 4.78 is 1.06. The molecule has 3 N–H and O–H groups in total. The molecule has 0 radical (unpaired) electrons. The molecule has 0 aliphatic heterocycles. The van der Waals surface area contributed by atoms with Gasteiger partial charge in [-0.15, -0.1) is 0 Å². The van der Waals surface area contributed by atoms with Crippen molar-refractivity contribution in [1.29, 1.82) is 0 Å². The summed E-state index contributed by atoms with van der Waals surface area (Å²) in [6.45, 7) is 2.32. The average molecular weight is 269 g/mol. The Hall–Kier alpha value is -0.700. The van der Waals surface area contributed by atoms with Crippen LogP contribution in [0, 0.1) is 5.92 Å². The molecule has 2 rings (SSSR count). The number of benzene rings is 1. The maximum atomic E-state index is 5.70. The topological polar surface area (TPSA) is 38.0 Å². The van der Waals surface area contributed by atoms with Crippen LogP contribution < -0.4 is 11.1 Å². The molecule has 0 heterocycles. The van der Waals surface area contributed by atoms with Gasteiger partial charge in [0.1, 0.15) is 0 Å². The smallest absolute Gasteiger partial charge is 0.0488 e. The van der Waals surface area contributed by atoms with E-state index < -0.39 is 0 Å². The van der Waals surface area contributed by atoms with Gasteiger partial charge in [-0.05, 0) is 59.3 Å². The Balaban J connectivity index is 2.04. The van der Waals surface area contributed by atoms with E-state index in [-0.39, 0.29) is 0 Å². The zero-order valence-corrected chi connectivity index (χ0v) is 10.5. The van der Waals surface area contributed by atoms with Crippen LogP contribution in [0.15, 0.2) is 22.7 Å². The highest BCUT2D eigenvalue weighted by molar-refractivity contribution is 9.10. The minimum Gasteiger partial charge on any atom is -0.399 e. The summed E-state index contributed by atoms with van der Waals surface area (Å²) in [5.74, 6) is 0.857. The normalized spacial score (nSPS) is 25.5. The highest BCUT2D eigenvalue weighted by atomic mass is 79.9. The van der Waals surface area contributed by atoms with Gasteiger partial charge in [0, 0.05) is 21.9 Å². The van der Waals surface area contributed by atoms with E-state index in [4.69, 9.17) is 5.73 Å². The lowest BCUT2D eigenvalue weighted by molar-refractivity contribution is 0.602. The average Bonchev–Trinajstić information content (AvgIpc) is 2.56. The maximum Gasteiger partial charge on any atom is 0.0488 e. The van der Waals surface area contributed by atoms with Crippen LogP contribution in [-0.4, -0.2) is 6.04 Å². The molecule has 0 saturated heterocycles. The first-order valence-electron chi connectivity index (χ1n) is 5.46. The monoisotopic (exact) mass is 268 g/mol. The summed E-state index contributed by atoms with van der Waals surface area (Å²) in [7, 11) is 0. The highest BCUT2D eigenvalue weighted by Gasteiger charge is 2.21. The van der Waals surface area contributed by atoms with Crippen molar-refractivity contribution in [3.63, 3.8) is 0 Å². The summed E-state index contributed by atoms with van der Waals surface area (Å²) >= 11 is 3.53. The van der Waals surface area contributed by atoms with Crippen molar-refractivity contribution in [2.24, 2.45) is 5.92 Å². The molecule has 1 fully saturated rings. The van der Waals surface area contributed by atoms with E-state index in [1.54, 1.807) is 0 Å². The fourth-order valence-corrected chi connectivity index (χ4v) is 2.72. The van der Waals surface area contributed by atoms with Gasteiger partial charge >= 0.3 is 0 Å². The molecule has 2 nitrogen and oxygen atoms in total. The number of hydrogen-bond acceptors (Lipinski definition) is 2. The molecular formula is C12H17BrN2. The molecule has 1 aromatic rings. The largest absolute Gasteiger partial charge is 0.399 e. The zero-order chi connectivity index (χ0) is 10.8. The van der Waals surface area contributed by atoms with Gasteiger partial charge in [-0.25, -0.2) is 0 Å². The number of nitrogen functional groups attached to an aromatic ring is 1. The quantitative estimate of drug-likeness (QED) is 0.804. The van der Waals surface area contributed by atoms with Crippen molar-refractivity contribution in [2.75, 3.05) is 11.1 Å². The fraction of sp³-hybridized carbons (Fsp3) is 0.500. The maximum absolute atomic E-state index is 5.70. The first-order chi connectivity index (χ1) is 7.15. The van der Waals surface area contributed by atoms with Crippen molar-refractivity contribution >= 4 is 27.3 Å². The summed E-state index contributed by atoms with van der Waals surface area (Å²) in [6, 6.07) is 6.55. The molecule has 15 heavy (non-hydrogen) atoms. The van der Waals surface area contributed by atoms with E-state index >= 15 is 0 Å². The van der Waals surface area contributed by atoms with Crippen molar-refractivity contribution in [3.05, 3.63) is 22.7 Å². The Kier molecular flexibility index (Phi) is 3.19. The summed E-state index contributed by atoms with van der Waals surface area (Å²) in [6.07, 6.45) is 3.89. The Morgan fingerprint density at radius 3 is 2.80 bits per heavy atom. The molecule has 0 spiro atoms. The number of halogens is 1. The Morgan fingerprint density at radius 1 is 1.40 bits per heavy atom. The second-order valence-corrected chi connectivity index (χ2v) is 5.35. The second-order valence-electron chi connectivity index (χ2n) is 4.50. The van der Waals surface area contributed by atoms with Gasteiger partial charge in [0.05, 0.1) is 0 Å². The molecule has 82 valence electrons. The van der Waals surface area contributed by atoms with Crippen LogP contribution in [0.3, 0.4) is 0 Å². The molecule has 0 bridgehead atoms. The molecule has 3 heteroatoms.